The Morgan fingerprint density at radius 3 is 2.86 bits per heavy atom. The van der Waals surface area contributed by atoms with E-state index in [9.17, 15) is 5.11 Å². The number of H-pyrrole nitrogens is 1. The lowest BCUT2D eigenvalue weighted by atomic mass is 9.92. The number of likely N-dealkylation sites (N-methyl/N-ethyl adjacent to an activating group) is 1. The van der Waals surface area contributed by atoms with Gasteiger partial charge >= 0.3 is 0 Å². The van der Waals surface area contributed by atoms with Crippen LogP contribution in [0, 0.1) is 6.92 Å². The molecule has 112 valence electrons. The average Bonchev–Trinajstić information content (AvgIpc) is 2.84. The third-order valence-corrected chi connectivity index (χ3v) is 4.71. The molecule has 1 atom stereocenters. The van der Waals surface area contributed by atoms with Gasteiger partial charge in [0.15, 0.2) is 0 Å². The summed E-state index contributed by atoms with van der Waals surface area (Å²) in [5.74, 6) is 0.324. The summed E-state index contributed by atoms with van der Waals surface area (Å²) in [6.07, 6.45) is 1.06. The highest BCUT2D eigenvalue weighted by atomic mass is 16.3. The Hall–Kier alpha value is -2.26. The lowest BCUT2D eigenvalue weighted by Crippen LogP contribution is -2.32. The SMILES string of the molecule is Cc1ccc2[nH]c3c(c2c1)CCN(C)C3c1cccc(O)c1. The number of hydrogen-bond acceptors (Lipinski definition) is 2. The van der Waals surface area contributed by atoms with Gasteiger partial charge in [-0.15, -0.1) is 0 Å². The second-order valence-electron chi connectivity index (χ2n) is 6.29. The Labute approximate surface area is 130 Å². The summed E-state index contributed by atoms with van der Waals surface area (Å²) in [6, 6.07) is 14.4. The fourth-order valence-electron chi connectivity index (χ4n) is 3.64. The van der Waals surface area contributed by atoms with Crippen molar-refractivity contribution in [2.45, 2.75) is 19.4 Å². The second kappa shape index (κ2) is 4.89. The van der Waals surface area contributed by atoms with Gasteiger partial charge in [-0.25, -0.2) is 0 Å². The molecule has 0 fully saturated rings. The van der Waals surface area contributed by atoms with Crippen LogP contribution in [-0.4, -0.2) is 28.6 Å². The van der Waals surface area contributed by atoms with Crippen molar-refractivity contribution >= 4 is 10.9 Å². The molecule has 3 heteroatoms. The van der Waals surface area contributed by atoms with Crippen LogP contribution in [0.4, 0.5) is 0 Å². The number of benzene rings is 2. The molecule has 0 radical (unpaired) electrons. The van der Waals surface area contributed by atoms with Gasteiger partial charge in [-0.05, 0) is 55.8 Å². The van der Waals surface area contributed by atoms with Crippen molar-refractivity contribution in [2.75, 3.05) is 13.6 Å². The predicted molar refractivity (Wildman–Crippen MR) is 89.3 cm³/mol. The van der Waals surface area contributed by atoms with Crippen molar-refractivity contribution in [3.05, 3.63) is 64.8 Å². The lowest BCUT2D eigenvalue weighted by Gasteiger charge is -2.33. The Morgan fingerprint density at radius 2 is 2.05 bits per heavy atom. The standard InChI is InChI=1S/C19H20N2O/c1-12-6-7-17-16(10-12)15-8-9-21(2)19(18(15)20-17)13-4-3-5-14(22)11-13/h3-7,10-11,19-20,22H,8-9H2,1-2H3. The van der Waals surface area contributed by atoms with Gasteiger partial charge in [-0.2, -0.15) is 0 Å². The monoisotopic (exact) mass is 292 g/mol. The third kappa shape index (κ3) is 2.01. The highest BCUT2D eigenvalue weighted by Gasteiger charge is 2.29. The fourth-order valence-corrected chi connectivity index (χ4v) is 3.64. The minimum atomic E-state index is 0.170. The van der Waals surface area contributed by atoms with Gasteiger partial charge in [0.1, 0.15) is 5.75 Å². The number of phenolic OH excluding ortho intramolecular Hbond substituents is 1. The van der Waals surface area contributed by atoms with Gasteiger partial charge in [0.05, 0.1) is 6.04 Å². The van der Waals surface area contributed by atoms with Gasteiger partial charge < -0.3 is 10.1 Å². The van der Waals surface area contributed by atoms with E-state index in [1.807, 2.05) is 12.1 Å². The zero-order chi connectivity index (χ0) is 15.3. The number of aryl methyl sites for hydroxylation is 1. The van der Waals surface area contributed by atoms with Gasteiger partial charge in [-0.3, -0.25) is 4.90 Å². The molecule has 0 aliphatic carbocycles. The first-order valence-electron chi connectivity index (χ1n) is 7.74. The molecule has 1 aliphatic rings. The number of hydrogen-bond donors (Lipinski definition) is 2. The van der Waals surface area contributed by atoms with E-state index in [0.717, 1.165) is 18.5 Å². The molecule has 2 N–H and O–H groups in total. The number of aromatic nitrogens is 1. The molecule has 2 aromatic carbocycles. The van der Waals surface area contributed by atoms with E-state index in [2.05, 4.69) is 48.1 Å². The van der Waals surface area contributed by atoms with Gasteiger partial charge in [-0.1, -0.05) is 23.8 Å². The summed E-state index contributed by atoms with van der Waals surface area (Å²) in [5.41, 5.74) is 6.31. The fraction of sp³-hybridized carbons (Fsp3) is 0.263. The largest absolute Gasteiger partial charge is 0.508 e. The van der Waals surface area contributed by atoms with Crippen LogP contribution in [0.2, 0.25) is 0 Å². The lowest BCUT2D eigenvalue weighted by molar-refractivity contribution is 0.261. The first-order valence-corrected chi connectivity index (χ1v) is 7.74. The molecule has 0 saturated carbocycles. The van der Waals surface area contributed by atoms with E-state index < -0.39 is 0 Å². The molecule has 3 aromatic rings. The number of aromatic hydroxyl groups is 1. The molecule has 0 bridgehead atoms. The summed E-state index contributed by atoms with van der Waals surface area (Å²) >= 11 is 0. The molecule has 4 rings (SSSR count). The van der Waals surface area contributed by atoms with Crippen LogP contribution in [0.25, 0.3) is 10.9 Å². The van der Waals surface area contributed by atoms with Crippen molar-refractivity contribution < 1.29 is 5.11 Å². The summed E-state index contributed by atoms with van der Waals surface area (Å²) in [4.78, 5) is 5.96. The number of fused-ring (bicyclic) bond motifs is 3. The van der Waals surface area contributed by atoms with E-state index in [1.165, 1.54) is 27.7 Å². The van der Waals surface area contributed by atoms with Crippen molar-refractivity contribution in [2.24, 2.45) is 0 Å². The quantitative estimate of drug-likeness (QED) is 0.717. The average molecular weight is 292 g/mol. The molecule has 0 saturated heterocycles. The van der Waals surface area contributed by atoms with E-state index in [-0.39, 0.29) is 6.04 Å². The third-order valence-electron chi connectivity index (χ3n) is 4.71. The smallest absolute Gasteiger partial charge is 0.115 e. The zero-order valence-corrected chi connectivity index (χ0v) is 12.9. The minimum absolute atomic E-state index is 0.170. The number of aromatic amines is 1. The Bertz CT molecular complexity index is 850. The zero-order valence-electron chi connectivity index (χ0n) is 12.9. The minimum Gasteiger partial charge on any atom is -0.508 e. The van der Waals surface area contributed by atoms with Crippen LogP contribution in [0.1, 0.15) is 28.4 Å². The van der Waals surface area contributed by atoms with Crippen molar-refractivity contribution in [1.82, 2.24) is 9.88 Å². The van der Waals surface area contributed by atoms with E-state index >= 15 is 0 Å². The molecule has 3 nitrogen and oxygen atoms in total. The van der Waals surface area contributed by atoms with Crippen molar-refractivity contribution in [3.63, 3.8) is 0 Å². The van der Waals surface area contributed by atoms with E-state index in [4.69, 9.17) is 0 Å². The normalized spacial score (nSPS) is 18.5. The Morgan fingerprint density at radius 1 is 1.18 bits per heavy atom. The highest BCUT2D eigenvalue weighted by Crippen LogP contribution is 2.38. The number of nitrogens with one attached hydrogen (secondary N) is 1. The van der Waals surface area contributed by atoms with Crippen LogP contribution < -0.4 is 0 Å². The maximum absolute atomic E-state index is 9.83. The van der Waals surface area contributed by atoms with E-state index in [0.29, 0.717) is 5.75 Å². The van der Waals surface area contributed by atoms with Crippen LogP contribution in [-0.2, 0) is 6.42 Å². The molecular formula is C19H20N2O. The van der Waals surface area contributed by atoms with Crippen LogP contribution >= 0.6 is 0 Å². The van der Waals surface area contributed by atoms with Crippen molar-refractivity contribution in [1.29, 1.82) is 0 Å². The summed E-state index contributed by atoms with van der Waals surface area (Å²) in [6.45, 7) is 3.16. The predicted octanol–water partition coefficient (Wildman–Crippen LogP) is 3.76. The molecule has 2 heterocycles. The molecular weight excluding hydrogens is 272 g/mol. The molecule has 22 heavy (non-hydrogen) atoms. The molecule has 0 spiro atoms. The van der Waals surface area contributed by atoms with Gasteiger partial charge in [0.25, 0.3) is 0 Å². The summed E-state index contributed by atoms with van der Waals surface area (Å²) in [7, 11) is 2.15. The number of phenols is 1. The topological polar surface area (TPSA) is 39.3 Å². The second-order valence-corrected chi connectivity index (χ2v) is 6.29. The van der Waals surface area contributed by atoms with Crippen LogP contribution in [0.3, 0.4) is 0 Å². The summed E-state index contributed by atoms with van der Waals surface area (Å²) < 4.78 is 0. The molecule has 0 amide bonds. The van der Waals surface area contributed by atoms with Crippen molar-refractivity contribution in [3.8, 4) is 5.75 Å². The molecule has 1 aliphatic heterocycles. The van der Waals surface area contributed by atoms with E-state index in [1.54, 1.807) is 6.07 Å². The first kappa shape index (κ1) is 13.4. The molecule has 1 unspecified atom stereocenters. The first-order chi connectivity index (χ1) is 10.6. The summed E-state index contributed by atoms with van der Waals surface area (Å²) in [5, 5.41) is 11.2. The number of rotatable bonds is 1. The Kier molecular flexibility index (Phi) is 2.98. The maximum Gasteiger partial charge on any atom is 0.115 e. The maximum atomic E-state index is 9.83. The van der Waals surface area contributed by atoms with Crippen LogP contribution in [0.15, 0.2) is 42.5 Å². The molecule has 1 aromatic heterocycles. The highest BCUT2D eigenvalue weighted by molar-refractivity contribution is 5.86. The number of nitrogens with zero attached hydrogens (tertiary/aromatic N) is 1. The van der Waals surface area contributed by atoms with Gasteiger partial charge in [0.2, 0.25) is 0 Å². The Balaban J connectivity index is 1.93. The van der Waals surface area contributed by atoms with Crippen LogP contribution in [0.5, 0.6) is 5.75 Å². The van der Waals surface area contributed by atoms with Gasteiger partial charge in [0, 0.05) is 23.1 Å².